The monoisotopic (exact) mass is 180 g/mol. The van der Waals surface area contributed by atoms with Gasteiger partial charge in [0, 0.05) is 13.2 Å². The fourth-order valence-electron chi connectivity index (χ4n) is 1.84. The second-order valence-corrected chi connectivity index (χ2v) is 3.99. The van der Waals surface area contributed by atoms with Crippen molar-refractivity contribution >= 4 is 0 Å². The van der Waals surface area contributed by atoms with Crippen LogP contribution in [0.15, 0.2) is 12.5 Å². The molecule has 4 nitrogen and oxygen atoms in total. The molecular formula is C9H16N4. The lowest BCUT2D eigenvalue weighted by atomic mass is 10.1. The first-order valence-electron chi connectivity index (χ1n) is 4.66. The van der Waals surface area contributed by atoms with Crippen molar-refractivity contribution in [3.63, 3.8) is 0 Å². The van der Waals surface area contributed by atoms with E-state index in [9.17, 15) is 0 Å². The van der Waals surface area contributed by atoms with Gasteiger partial charge in [-0.1, -0.05) is 6.92 Å². The molecule has 0 saturated heterocycles. The van der Waals surface area contributed by atoms with Crippen molar-refractivity contribution in [2.24, 2.45) is 24.7 Å². The maximum Gasteiger partial charge on any atom is 0.0947 e. The van der Waals surface area contributed by atoms with Gasteiger partial charge in [-0.3, -0.25) is 11.3 Å². The Morgan fingerprint density at radius 1 is 1.77 bits per heavy atom. The molecule has 1 aliphatic carbocycles. The van der Waals surface area contributed by atoms with E-state index in [-0.39, 0.29) is 6.04 Å². The Bertz CT molecular complexity index is 294. The third-order valence-electron chi connectivity index (χ3n) is 2.82. The van der Waals surface area contributed by atoms with Gasteiger partial charge in [0.2, 0.25) is 0 Å². The van der Waals surface area contributed by atoms with Gasteiger partial charge < -0.3 is 4.57 Å². The van der Waals surface area contributed by atoms with Crippen LogP contribution in [0, 0.1) is 11.8 Å². The second kappa shape index (κ2) is 3.12. The number of hydrogen-bond acceptors (Lipinski definition) is 3. The number of hydrazine groups is 1. The molecule has 0 amide bonds. The number of aromatic nitrogens is 2. The van der Waals surface area contributed by atoms with Gasteiger partial charge in [-0.15, -0.1) is 0 Å². The normalized spacial score (nSPS) is 28.8. The first-order valence-corrected chi connectivity index (χ1v) is 4.66. The molecule has 0 aliphatic heterocycles. The Morgan fingerprint density at radius 2 is 2.46 bits per heavy atom. The Balaban J connectivity index is 2.13. The Labute approximate surface area is 78.1 Å². The standard InChI is InChI=1S/C9H16N4/c1-6-3-7(6)9(12-10)8-4-13(2)5-11-8/h4-7,9,12H,3,10H2,1-2H3. The first kappa shape index (κ1) is 8.72. The predicted molar refractivity (Wildman–Crippen MR) is 50.5 cm³/mol. The van der Waals surface area contributed by atoms with Crippen LogP contribution >= 0.6 is 0 Å². The van der Waals surface area contributed by atoms with Crippen LogP contribution in [0.1, 0.15) is 25.1 Å². The van der Waals surface area contributed by atoms with E-state index < -0.39 is 0 Å². The zero-order valence-corrected chi connectivity index (χ0v) is 8.07. The maximum absolute atomic E-state index is 5.52. The van der Waals surface area contributed by atoms with Crippen LogP contribution in [0.4, 0.5) is 0 Å². The maximum atomic E-state index is 5.52. The predicted octanol–water partition coefficient (Wildman–Crippen LogP) is 0.580. The van der Waals surface area contributed by atoms with E-state index in [1.807, 2.05) is 24.1 Å². The number of hydrogen-bond donors (Lipinski definition) is 2. The van der Waals surface area contributed by atoms with E-state index in [0.29, 0.717) is 5.92 Å². The quantitative estimate of drug-likeness (QED) is 0.528. The van der Waals surface area contributed by atoms with Gasteiger partial charge in [0.15, 0.2) is 0 Å². The van der Waals surface area contributed by atoms with E-state index in [1.54, 1.807) is 0 Å². The first-order chi connectivity index (χ1) is 6.22. The molecule has 4 heteroatoms. The lowest BCUT2D eigenvalue weighted by Gasteiger charge is -2.12. The molecule has 3 N–H and O–H groups in total. The molecule has 0 bridgehead atoms. The van der Waals surface area contributed by atoms with Crippen LogP contribution in [-0.2, 0) is 7.05 Å². The van der Waals surface area contributed by atoms with Gasteiger partial charge in [0.25, 0.3) is 0 Å². The highest BCUT2D eigenvalue weighted by molar-refractivity contribution is 5.09. The molecule has 3 unspecified atom stereocenters. The summed E-state index contributed by atoms with van der Waals surface area (Å²) in [5, 5.41) is 0. The number of nitrogens with one attached hydrogen (secondary N) is 1. The third-order valence-corrected chi connectivity index (χ3v) is 2.82. The highest BCUT2D eigenvalue weighted by Crippen LogP contribution is 2.46. The number of rotatable bonds is 3. The van der Waals surface area contributed by atoms with Crippen LogP contribution in [0.3, 0.4) is 0 Å². The van der Waals surface area contributed by atoms with Crippen molar-refractivity contribution in [2.75, 3.05) is 0 Å². The van der Waals surface area contributed by atoms with Crippen molar-refractivity contribution in [3.05, 3.63) is 18.2 Å². The molecule has 1 heterocycles. The summed E-state index contributed by atoms with van der Waals surface area (Å²) in [6.07, 6.45) is 5.09. The molecular weight excluding hydrogens is 164 g/mol. The SMILES string of the molecule is CC1CC1C(NN)c1cn(C)cn1. The average Bonchev–Trinajstić information content (AvgIpc) is 2.62. The summed E-state index contributed by atoms with van der Waals surface area (Å²) in [6, 6.07) is 0.233. The van der Waals surface area contributed by atoms with Crippen LogP contribution in [0.25, 0.3) is 0 Å². The van der Waals surface area contributed by atoms with Gasteiger partial charge in [0.1, 0.15) is 0 Å². The largest absolute Gasteiger partial charge is 0.340 e. The molecule has 0 aromatic carbocycles. The molecule has 1 aromatic rings. The van der Waals surface area contributed by atoms with Crippen LogP contribution in [0.5, 0.6) is 0 Å². The summed E-state index contributed by atoms with van der Waals surface area (Å²) < 4.78 is 1.95. The summed E-state index contributed by atoms with van der Waals surface area (Å²) in [6.45, 7) is 2.25. The van der Waals surface area contributed by atoms with Gasteiger partial charge in [-0.05, 0) is 18.3 Å². The Kier molecular flexibility index (Phi) is 2.09. The second-order valence-electron chi connectivity index (χ2n) is 3.99. The van der Waals surface area contributed by atoms with Crippen LogP contribution in [0.2, 0.25) is 0 Å². The van der Waals surface area contributed by atoms with Crippen molar-refractivity contribution in [3.8, 4) is 0 Å². The highest BCUT2D eigenvalue weighted by Gasteiger charge is 2.40. The van der Waals surface area contributed by atoms with E-state index in [4.69, 9.17) is 5.84 Å². The number of nitrogens with two attached hydrogens (primary N) is 1. The van der Waals surface area contributed by atoms with Gasteiger partial charge in [-0.25, -0.2) is 4.98 Å². The summed E-state index contributed by atoms with van der Waals surface area (Å²) in [7, 11) is 1.97. The number of nitrogens with zero attached hydrogens (tertiary/aromatic N) is 2. The summed E-state index contributed by atoms with van der Waals surface area (Å²) in [4.78, 5) is 4.30. The minimum absolute atomic E-state index is 0.233. The summed E-state index contributed by atoms with van der Waals surface area (Å²) >= 11 is 0. The molecule has 1 fully saturated rings. The molecule has 1 aromatic heterocycles. The molecule has 0 radical (unpaired) electrons. The summed E-state index contributed by atoms with van der Waals surface area (Å²) in [5.41, 5.74) is 3.90. The van der Waals surface area contributed by atoms with Crippen molar-refractivity contribution < 1.29 is 0 Å². The fourth-order valence-corrected chi connectivity index (χ4v) is 1.84. The van der Waals surface area contributed by atoms with Crippen molar-refractivity contribution in [1.82, 2.24) is 15.0 Å². The van der Waals surface area contributed by atoms with Gasteiger partial charge >= 0.3 is 0 Å². The number of imidazole rings is 1. The zero-order valence-electron chi connectivity index (χ0n) is 8.07. The Hall–Kier alpha value is -0.870. The molecule has 3 atom stereocenters. The van der Waals surface area contributed by atoms with Crippen LogP contribution in [-0.4, -0.2) is 9.55 Å². The molecule has 0 spiro atoms. The van der Waals surface area contributed by atoms with E-state index >= 15 is 0 Å². The van der Waals surface area contributed by atoms with E-state index in [2.05, 4.69) is 17.3 Å². The van der Waals surface area contributed by atoms with E-state index in [1.165, 1.54) is 6.42 Å². The summed E-state index contributed by atoms with van der Waals surface area (Å²) in [5.74, 6) is 6.97. The van der Waals surface area contributed by atoms with Crippen LogP contribution < -0.4 is 11.3 Å². The average molecular weight is 180 g/mol. The van der Waals surface area contributed by atoms with Gasteiger partial charge in [-0.2, -0.15) is 0 Å². The molecule has 2 rings (SSSR count). The lowest BCUT2D eigenvalue weighted by molar-refractivity contribution is 0.466. The lowest BCUT2D eigenvalue weighted by Crippen LogP contribution is -2.30. The van der Waals surface area contributed by atoms with Crippen molar-refractivity contribution in [2.45, 2.75) is 19.4 Å². The highest BCUT2D eigenvalue weighted by atomic mass is 15.2. The van der Waals surface area contributed by atoms with Crippen molar-refractivity contribution in [1.29, 1.82) is 0 Å². The fraction of sp³-hybridized carbons (Fsp3) is 0.667. The zero-order chi connectivity index (χ0) is 9.42. The topological polar surface area (TPSA) is 55.9 Å². The molecule has 1 saturated carbocycles. The third kappa shape index (κ3) is 1.59. The molecule has 13 heavy (non-hydrogen) atoms. The minimum atomic E-state index is 0.233. The Morgan fingerprint density at radius 3 is 2.85 bits per heavy atom. The van der Waals surface area contributed by atoms with Gasteiger partial charge in [0.05, 0.1) is 18.1 Å². The smallest absolute Gasteiger partial charge is 0.0947 e. The molecule has 72 valence electrons. The molecule has 1 aliphatic rings. The minimum Gasteiger partial charge on any atom is -0.340 e. The number of aryl methyl sites for hydroxylation is 1. The van der Waals surface area contributed by atoms with E-state index in [0.717, 1.165) is 11.6 Å².